The summed E-state index contributed by atoms with van der Waals surface area (Å²) in [6.45, 7) is 9.74. The number of aliphatic imine (C=N–C) groups is 1. The second kappa shape index (κ2) is 11.3. The smallest absolute Gasteiger partial charge is 0.495 e. The molecule has 0 fully saturated rings. The molecule has 6 nitrogen and oxygen atoms in total. The molecule has 10 heteroatoms. The van der Waals surface area contributed by atoms with Gasteiger partial charge >= 0.3 is 15.5 Å². The lowest BCUT2D eigenvalue weighted by Gasteiger charge is -2.19. The number of anilines is 2. The highest BCUT2D eigenvalue weighted by molar-refractivity contribution is 7.93. The van der Waals surface area contributed by atoms with E-state index in [1.165, 1.54) is 25.3 Å². The van der Waals surface area contributed by atoms with Gasteiger partial charge in [-0.05, 0) is 64.0 Å². The number of benzene rings is 3. The molecule has 0 unspecified atom stereocenters. The number of sulfonamides is 1. The molecule has 0 aliphatic rings. The van der Waals surface area contributed by atoms with E-state index in [4.69, 9.17) is 9.73 Å². The predicted molar refractivity (Wildman–Crippen MR) is 148 cm³/mol. The van der Waals surface area contributed by atoms with Crippen LogP contribution < -0.4 is 14.8 Å². The zero-order valence-electron chi connectivity index (χ0n) is 22.0. The molecule has 0 spiro atoms. The number of para-hydroxylation sites is 2. The van der Waals surface area contributed by atoms with Gasteiger partial charge in [0.15, 0.2) is 0 Å². The number of rotatable bonds is 8. The minimum atomic E-state index is -5.62. The lowest BCUT2D eigenvalue weighted by molar-refractivity contribution is -0.0429. The molecule has 3 rings (SSSR count). The number of allylic oxidation sites excluding steroid dienone is 2. The van der Waals surface area contributed by atoms with Crippen LogP contribution in [0, 0.1) is 20.8 Å². The van der Waals surface area contributed by atoms with Crippen LogP contribution in [0.4, 0.5) is 30.2 Å². The molecule has 2 N–H and O–H groups in total. The van der Waals surface area contributed by atoms with Crippen LogP contribution >= 0.6 is 0 Å². The van der Waals surface area contributed by atoms with Gasteiger partial charge in [-0.25, -0.2) is 0 Å². The van der Waals surface area contributed by atoms with E-state index in [2.05, 4.69) is 17.4 Å². The van der Waals surface area contributed by atoms with E-state index in [1.807, 2.05) is 40.7 Å². The second-order valence-corrected chi connectivity index (χ2v) is 10.6. The first-order valence-electron chi connectivity index (χ1n) is 11.7. The Balaban J connectivity index is 2.04. The van der Waals surface area contributed by atoms with Crippen LogP contribution in [0.5, 0.6) is 5.75 Å². The van der Waals surface area contributed by atoms with Crippen LogP contribution in [0.2, 0.25) is 0 Å². The Morgan fingerprint density at radius 3 is 2.16 bits per heavy atom. The zero-order chi connectivity index (χ0) is 28.3. The molecule has 0 aromatic heterocycles. The van der Waals surface area contributed by atoms with E-state index in [1.54, 1.807) is 29.0 Å². The molecule has 0 aliphatic carbocycles. The number of aryl methyl sites for hydroxylation is 3. The fourth-order valence-electron chi connectivity index (χ4n) is 4.17. The maximum Gasteiger partial charge on any atom is 0.516 e. The minimum Gasteiger partial charge on any atom is -0.495 e. The Morgan fingerprint density at radius 1 is 0.947 bits per heavy atom. The van der Waals surface area contributed by atoms with Crippen LogP contribution in [0.1, 0.15) is 30.5 Å². The van der Waals surface area contributed by atoms with E-state index < -0.39 is 15.5 Å². The number of nitrogens with one attached hydrogen (secondary N) is 2. The van der Waals surface area contributed by atoms with Crippen LogP contribution in [0.15, 0.2) is 71.4 Å². The fraction of sp³-hybridized carbons (Fsp3) is 0.250. The predicted octanol–water partition coefficient (Wildman–Crippen LogP) is 7.66. The number of methoxy groups -OCH3 is 1. The molecule has 0 bridgehead atoms. The monoisotopic (exact) mass is 545 g/mol. The number of hydrogen-bond donors (Lipinski definition) is 2. The average Bonchev–Trinajstić information content (AvgIpc) is 2.81. The Kier molecular flexibility index (Phi) is 8.56. The molecule has 3 aromatic carbocycles. The summed E-state index contributed by atoms with van der Waals surface area (Å²) in [5.41, 5.74) is 1.06. The highest BCUT2D eigenvalue weighted by atomic mass is 32.2. The molecule has 0 aliphatic heterocycles. The summed E-state index contributed by atoms with van der Waals surface area (Å²) in [6.07, 6.45) is 1.84. The molecule has 0 radical (unpaired) electrons. The first-order chi connectivity index (χ1) is 17.7. The number of halogens is 3. The van der Waals surface area contributed by atoms with Crippen molar-refractivity contribution in [1.82, 2.24) is 0 Å². The second-order valence-electron chi connectivity index (χ2n) is 8.93. The largest absolute Gasteiger partial charge is 0.516 e. The SMILES string of the molecule is COc1cccc(-c2ccccc2NS(=O)(=O)C(F)(F)F)c1N/C(C)=C\C(C)=Nc1c(C)cc(C)cc1C. The summed E-state index contributed by atoms with van der Waals surface area (Å²) in [7, 11) is -4.15. The summed E-state index contributed by atoms with van der Waals surface area (Å²) in [4.78, 5) is 4.77. The third-order valence-electron chi connectivity index (χ3n) is 5.68. The van der Waals surface area contributed by atoms with Gasteiger partial charge in [0.2, 0.25) is 0 Å². The van der Waals surface area contributed by atoms with E-state index in [9.17, 15) is 21.6 Å². The number of alkyl halides is 3. The Bertz CT molecular complexity index is 1490. The number of hydrogen-bond acceptors (Lipinski definition) is 5. The van der Waals surface area contributed by atoms with Crippen molar-refractivity contribution in [2.75, 3.05) is 17.1 Å². The highest BCUT2D eigenvalue weighted by Gasteiger charge is 2.46. The molecule has 0 saturated heterocycles. The van der Waals surface area contributed by atoms with Gasteiger partial charge in [-0.2, -0.15) is 21.6 Å². The summed E-state index contributed by atoms with van der Waals surface area (Å²) in [6, 6.07) is 15.0. The molecule has 202 valence electrons. The van der Waals surface area contributed by atoms with Crippen molar-refractivity contribution in [3.63, 3.8) is 0 Å². The first-order valence-corrected chi connectivity index (χ1v) is 13.2. The van der Waals surface area contributed by atoms with Crippen molar-refractivity contribution in [3.05, 3.63) is 83.1 Å². The normalized spacial score (nSPS) is 12.9. The fourth-order valence-corrected chi connectivity index (χ4v) is 4.75. The van der Waals surface area contributed by atoms with Gasteiger partial charge in [0.25, 0.3) is 0 Å². The average molecular weight is 546 g/mol. The topological polar surface area (TPSA) is 79.8 Å². The van der Waals surface area contributed by atoms with Gasteiger partial charge < -0.3 is 10.1 Å². The third-order valence-corrected chi connectivity index (χ3v) is 6.78. The molecule has 38 heavy (non-hydrogen) atoms. The lowest BCUT2D eigenvalue weighted by atomic mass is 10.0. The Labute approximate surface area is 221 Å². The van der Waals surface area contributed by atoms with Crippen LogP contribution in [-0.4, -0.2) is 26.7 Å². The first kappa shape index (κ1) is 28.8. The van der Waals surface area contributed by atoms with E-state index >= 15 is 0 Å². The molecular formula is C28H30F3N3O3S. The summed E-state index contributed by atoms with van der Waals surface area (Å²) in [5.74, 6) is 0.420. The van der Waals surface area contributed by atoms with Gasteiger partial charge in [-0.1, -0.05) is 48.0 Å². The van der Waals surface area contributed by atoms with Crippen molar-refractivity contribution < 1.29 is 26.3 Å². The molecular weight excluding hydrogens is 515 g/mol. The van der Waals surface area contributed by atoms with Crippen molar-refractivity contribution in [1.29, 1.82) is 0 Å². The lowest BCUT2D eigenvalue weighted by Crippen LogP contribution is -2.30. The zero-order valence-corrected chi connectivity index (χ0v) is 22.8. The van der Waals surface area contributed by atoms with Gasteiger partial charge in [0, 0.05) is 22.5 Å². The van der Waals surface area contributed by atoms with Gasteiger partial charge in [0.05, 0.1) is 24.2 Å². The van der Waals surface area contributed by atoms with Gasteiger partial charge in [0.1, 0.15) is 5.75 Å². The maximum absolute atomic E-state index is 13.1. The van der Waals surface area contributed by atoms with Crippen molar-refractivity contribution in [2.24, 2.45) is 4.99 Å². The van der Waals surface area contributed by atoms with Crippen molar-refractivity contribution in [2.45, 2.75) is 40.1 Å². The Morgan fingerprint density at radius 2 is 1.55 bits per heavy atom. The molecule has 0 amide bonds. The van der Waals surface area contributed by atoms with Crippen LogP contribution in [-0.2, 0) is 10.0 Å². The molecule has 3 aromatic rings. The summed E-state index contributed by atoms with van der Waals surface area (Å²) >= 11 is 0. The number of ether oxygens (including phenoxy) is 1. The van der Waals surface area contributed by atoms with Crippen molar-refractivity contribution in [3.8, 4) is 16.9 Å². The third kappa shape index (κ3) is 6.55. The summed E-state index contributed by atoms with van der Waals surface area (Å²) < 4.78 is 70.0. The molecule has 0 atom stereocenters. The number of nitrogens with zero attached hydrogens (tertiary/aromatic N) is 1. The van der Waals surface area contributed by atoms with Gasteiger partial charge in [-0.15, -0.1) is 0 Å². The molecule has 0 saturated carbocycles. The summed E-state index contributed by atoms with van der Waals surface area (Å²) in [5, 5.41) is 3.26. The maximum atomic E-state index is 13.1. The Hall–Kier alpha value is -3.79. The van der Waals surface area contributed by atoms with Crippen molar-refractivity contribution >= 4 is 32.8 Å². The van der Waals surface area contributed by atoms with Gasteiger partial charge in [-0.3, -0.25) is 9.71 Å². The highest BCUT2D eigenvalue weighted by Crippen LogP contribution is 2.41. The quantitative estimate of drug-likeness (QED) is 0.285. The minimum absolute atomic E-state index is 0.217. The van der Waals surface area contributed by atoms with E-state index in [0.29, 0.717) is 22.7 Å². The van der Waals surface area contributed by atoms with Crippen LogP contribution in [0.25, 0.3) is 11.1 Å². The van der Waals surface area contributed by atoms with E-state index in [-0.39, 0.29) is 11.3 Å². The van der Waals surface area contributed by atoms with Crippen LogP contribution in [0.3, 0.4) is 0 Å². The van der Waals surface area contributed by atoms with E-state index in [0.717, 1.165) is 28.1 Å². The molecule has 0 heterocycles. The standard InChI is InChI=1S/C28H30F3N3O3S/c1-17-14-18(2)26(19(3)15-17)32-20(4)16-21(5)33-27-23(11-9-13-25(27)37-6)22-10-7-8-12-24(22)34-38(35,36)28(29,30)31/h7-16,33-34H,1-6H3/b21-16-,32-20?.